The summed E-state index contributed by atoms with van der Waals surface area (Å²) in [6.07, 6.45) is -0.641. The Morgan fingerprint density at radius 1 is 1.00 bits per heavy atom. The lowest BCUT2D eigenvalue weighted by molar-refractivity contribution is -0.129. The van der Waals surface area contributed by atoms with Crippen LogP contribution in [0.25, 0.3) is 5.76 Å². The van der Waals surface area contributed by atoms with E-state index >= 15 is 0 Å². The second-order valence-electron chi connectivity index (χ2n) is 9.29. The molecule has 0 unspecified atom stereocenters. The van der Waals surface area contributed by atoms with Crippen LogP contribution < -0.4 is 19.5 Å². The van der Waals surface area contributed by atoms with Crippen molar-refractivity contribution in [1.29, 1.82) is 0 Å². The lowest BCUT2D eigenvalue weighted by Crippen LogP contribution is -2.35. The smallest absolute Gasteiger partial charge is 0.412 e. The Morgan fingerprint density at radius 2 is 1.69 bits per heavy atom. The lowest BCUT2D eigenvalue weighted by atomic mass is 10.1. The first-order valence-corrected chi connectivity index (χ1v) is 11.8. The van der Waals surface area contributed by atoms with Crippen molar-refractivity contribution in [3.05, 3.63) is 53.8 Å². The van der Waals surface area contributed by atoms with E-state index in [2.05, 4.69) is 5.32 Å². The molecule has 0 aromatic heterocycles. The predicted molar refractivity (Wildman–Crippen MR) is 135 cm³/mol. The fourth-order valence-corrected chi connectivity index (χ4v) is 3.49. The van der Waals surface area contributed by atoms with Crippen LogP contribution >= 0.6 is 0 Å². The quantitative estimate of drug-likeness (QED) is 0.534. The monoisotopic (exact) mass is 482 g/mol. The van der Waals surface area contributed by atoms with Gasteiger partial charge in [-0.1, -0.05) is 12.1 Å². The summed E-state index contributed by atoms with van der Waals surface area (Å²) in [6, 6.07) is 12.2. The molecule has 1 aliphatic heterocycles. The summed E-state index contributed by atoms with van der Waals surface area (Å²) in [5, 5.41) is 2.76. The van der Waals surface area contributed by atoms with Crippen LogP contribution in [0.15, 0.2) is 48.2 Å². The topological polar surface area (TPSA) is 86.3 Å². The number of hydrogen-bond acceptors (Lipinski definition) is 6. The van der Waals surface area contributed by atoms with Crippen LogP contribution in [-0.2, 0) is 9.53 Å². The number of amides is 2. The number of carbonyl (C=O) groups is 2. The molecule has 0 saturated heterocycles. The minimum absolute atomic E-state index is 0.0221. The van der Waals surface area contributed by atoms with Crippen LogP contribution in [0.1, 0.15) is 54.0 Å². The Balaban J connectivity index is 2.08. The summed E-state index contributed by atoms with van der Waals surface area (Å²) in [6.45, 7) is 14.0. The van der Waals surface area contributed by atoms with Crippen LogP contribution in [0.2, 0.25) is 0 Å². The first-order chi connectivity index (χ1) is 16.5. The van der Waals surface area contributed by atoms with E-state index in [1.165, 1.54) is 0 Å². The molecule has 35 heavy (non-hydrogen) atoms. The van der Waals surface area contributed by atoms with Crippen molar-refractivity contribution >= 4 is 23.4 Å². The third kappa shape index (κ3) is 6.47. The van der Waals surface area contributed by atoms with Gasteiger partial charge in [-0.05, 0) is 72.7 Å². The number of carbonyl (C=O) groups excluding carboxylic acids is 2. The van der Waals surface area contributed by atoms with Gasteiger partial charge >= 0.3 is 6.09 Å². The Labute approximate surface area is 206 Å². The van der Waals surface area contributed by atoms with E-state index in [1.54, 1.807) is 68.1 Å². The molecule has 8 nitrogen and oxygen atoms in total. The fourth-order valence-electron chi connectivity index (χ4n) is 3.49. The van der Waals surface area contributed by atoms with Gasteiger partial charge in [-0.25, -0.2) is 4.79 Å². The first kappa shape index (κ1) is 25.9. The number of benzene rings is 2. The van der Waals surface area contributed by atoms with Crippen LogP contribution in [0.4, 0.5) is 10.5 Å². The van der Waals surface area contributed by atoms with Crippen LogP contribution in [0.5, 0.6) is 17.2 Å². The third-order valence-electron chi connectivity index (χ3n) is 4.97. The lowest BCUT2D eigenvalue weighted by Gasteiger charge is -2.28. The third-order valence-corrected chi connectivity index (χ3v) is 4.97. The van der Waals surface area contributed by atoms with Crippen LogP contribution in [0.3, 0.4) is 0 Å². The summed E-state index contributed by atoms with van der Waals surface area (Å²) < 4.78 is 23.6. The maximum absolute atomic E-state index is 13.4. The second kappa shape index (κ2) is 10.7. The van der Waals surface area contributed by atoms with Crippen molar-refractivity contribution in [2.24, 2.45) is 0 Å². The molecule has 2 amide bonds. The van der Waals surface area contributed by atoms with Crippen molar-refractivity contribution in [2.45, 2.75) is 60.2 Å². The molecule has 188 valence electrons. The van der Waals surface area contributed by atoms with E-state index in [0.717, 1.165) is 0 Å². The van der Waals surface area contributed by atoms with E-state index in [1.807, 2.05) is 27.7 Å². The van der Waals surface area contributed by atoms with Crippen molar-refractivity contribution in [3.8, 4) is 17.2 Å². The zero-order valence-corrected chi connectivity index (χ0v) is 21.4. The van der Waals surface area contributed by atoms with Gasteiger partial charge in [0.05, 0.1) is 11.8 Å². The first-order valence-electron chi connectivity index (χ1n) is 11.8. The second-order valence-corrected chi connectivity index (χ2v) is 9.29. The average molecular weight is 483 g/mol. The highest BCUT2D eigenvalue weighted by Gasteiger charge is 2.32. The number of para-hydroxylation sites is 1. The predicted octanol–water partition coefficient (Wildman–Crippen LogP) is 5.83. The molecule has 0 fully saturated rings. The fraction of sp³-hybridized carbons (Fsp3) is 0.407. The largest absolute Gasteiger partial charge is 0.491 e. The highest BCUT2D eigenvalue weighted by atomic mass is 16.6. The highest BCUT2D eigenvalue weighted by Crippen LogP contribution is 2.42. The molecule has 0 bridgehead atoms. The number of fused-ring (bicyclic) bond motifs is 1. The van der Waals surface area contributed by atoms with Gasteiger partial charge in [-0.3, -0.25) is 10.1 Å². The molecular formula is C27H34N2O6. The zero-order valence-electron chi connectivity index (χ0n) is 21.4. The molecule has 0 aliphatic carbocycles. The molecule has 3 rings (SSSR count). The molecule has 2 aromatic rings. The van der Waals surface area contributed by atoms with Crippen molar-refractivity contribution in [3.63, 3.8) is 0 Å². The maximum Gasteiger partial charge on any atom is 0.412 e. The van der Waals surface area contributed by atoms with Gasteiger partial charge in [0, 0.05) is 24.7 Å². The minimum atomic E-state index is -0.668. The normalized spacial score (nSPS) is 12.9. The van der Waals surface area contributed by atoms with Gasteiger partial charge in [0.2, 0.25) is 5.76 Å². The Morgan fingerprint density at radius 3 is 2.31 bits per heavy atom. The van der Waals surface area contributed by atoms with E-state index in [0.29, 0.717) is 41.6 Å². The number of rotatable bonds is 7. The van der Waals surface area contributed by atoms with Gasteiger partial charge in [0.1, 0.15) is 11.4 Å². The molecule has 1 heterocycles. The van der Waals surface area contributed by atoms with Crippen molar-refractivity contribution in [2.75, 3.05) is 18.4 Å². The minimum Gasteiger partial charge on any atom is -0.491 e. The maximum atomic E-state index is 13.4. The number of nitrogens with zero attached hydrogens (tertiary/aromatic N) is 1. The standard InChI is InChI=1S/C27H34N2O6/c1-8-29(9-2)25(30)24-23(34-22-16-18(32-17(3)4)14-15-21(22)33-24)19-12-10-11-13-20(19)28-26(31)35-27(5,6)7/h10-17H,8-9H2,1-7H3,(H,28,31). The SMILES string of the molecule is CCN(CC)C(=O)C1=C(c2ccccc2NC(=O)OC(C)(C)C)Oc2cc(OC(C)C)ccc2O1. The molecule has 8 heteroatoms. The summed E-state index contributed by atoms with van der Waals surface area (Å²) in [5.41, 5.74) is 0.233. The number of anilines is 1. The van der Waals surface area contributed by atoms with Crippen molar-refractivity contribution < 1.29 is 28.5 Å². The molecule has 2 aromatic carbocycles. The molecule has 0 saturated carbocycles. The van der Waals surface area contributed by atoms with Crippen molar-refractivity contribution in [1.82, 2.24) is 4.90 Å². The van der Waals surface area contributed by atoms with Gasteiger partial charge < -0.3 is 23.8 Å². The summed E-state index contributed by atoms with van der Waals surface area (Å²) in [4.78, 5) is 27.6. The van der Waals surface area contributed by atoms with Gasteiger partial charge in [-0.15, -0.1) is 0 Å². The van der Waals surface area contributed by atoms with E-state index in [4.69, 9.17) is 18.9 Å². The molecular weight excluding hydrogens is 448 g/mol. The summed E-state index contributed by atoms with van der Waals surface area (Å²) in [5.74, 6) is 1.34. The molecule has 1 aliphatic rings. The summed E-state index contributed by atoms with van der Waals surface area (Å²) in [7, 11) is 0. The number of hydrogen-bond donors (Lipinski definition) is 1. The average Bonchev–Trinajstić information content (AvgIpc) is 2.77. The van der Waals surface area contributed by atoms with Gasteiger partial charge in [0.25, 0.3) is 5.91 Å². The Hall–Kier alpha value is -3.68. The number of nitrogens with one attached hydrogen (secondary N) is 1. The molecule has 0 spiro atoms. The molecule has 0 atom stereocenters. The Bertz CT molecular complexity index is 1110. The molecule has 0 radical (unpaired) electrons. The number of ether oxygens (including phenoxy) is 4. The number of likely N-dealkylation sites (N-methyl/N-ethyl adjacent to an activating group) is 1. The highest BCUT2D eigenvalue weighted by molar-refractivity contribution is 6.01. The van der Waals surface area contributed by atoms with Crippen LogP contribution in [-0.4, -0.2) is 41.7 Å². The molecule has 1 N–H and O–H groups in total. The van der Waals surface area contributed by atoms with E-state index in [-0.39, 0.29) is 23.5 Å². The summed E-state index contributed by atoms with van der Waals surface area (Å²) >= 11 is 0. The van der Waals surface area contributed by atoms with Gasteiger partial charge in [0.15, 0.2) is 17.3 Å². The van der Waals surface area contributed by atoms with E-state index < -0.39 is 11.7 Å². The Kier molecular flexibility index (Phi) is 7.94. The van der Waals surface area contributed by atoms with E-state index in [9.17, 15) is 9.59 Å². The van der Waals surface area contributed by atoms with Crippen LogP contribution in [0, 0.1) is 0 Å². The van der Waals surface area contributed by atoms with Gasteiger partial charge in [-0.2, -0.15) is 0 Å². The zero-order chi connectivity index (χ0) is 25.8.